The van der Waals surface area contributed by atoms with Crippen molar-refractivity contribution in [3.63, 3.8) is 0 Å². The van der Waals surface area contributed by atoms with Gasteiger partial charge >= 0.3 is 0 Å². The average molecular weight is 242 g/mol. The molecule has 0 spiro atoms. The van der Waals surface area contributed by atoms with Crippen molar-refractivity contribution in [3.05, 3.63) is 34.7 Å². The zero-order chi connectivity index (χ0) is 9.42. The van der Waals surface area contributed by atoms with E-state index in [4.69, 9.17) is 0 Å². The molecule has 0 fully saturated rings. The van der Waals surface area contributed by atoms with Gasteiger partial charge in [-0.2, -0.15) is 0 Å². The maximum absolute atomic E-state index is 13.2. The van der Waals surface area contributed by atoms with Crippen molar-refractivity contribution in [3.8, 4) is 5.75 Å². The Morgan fingerprint density at radius 1 is 1.38 bits per heavy atom. The maximum Gasteiger partial charge on any atom is 0.150 e. The minimum Gasteiger partial charge on any atom is -0.507 e. The number of halogens is 2. The summed E-state index contributed by atoms with van der Waals surface area (Å²) in [4.78, 5) is 3.83. The zero-order valence-corrected chi connectivity index (χ0v) is 8.05. The molecule has 1 aromatic carbocycles. The monoisotopic (exact) mass is 241 g/mol. The maximum atomic E-state index is 13.2. The fourth-order valence-corrected chi connectivity index (χ4v) is 1.59. The molecule has 0 unspecified atom stereocenters. The van der Waals surface area contributed by atoms with Crippen molar-refractivity contribution in [2.24, 2.45) is 0 Å². The van der Waals surface area contributed by atoms with Crippen molar-refractivity contribution in [1.29, 1.82) is 0 Å². The van der Waals surface area contributed by atoms with Gasteiger partial charge in [-0.1, -0.05) is 15.9 Å². The number of aromatic hydroxyl groups is 1. The third kappa shape index (κ3) is 1.37. The van der Waals surface area contributed by atoms with Gasteiger partial charge in [-0.15, -0.1) is 0 Å². The molecule has 0 aliphatic rings. The predicted molar refractivity (Wildman–Crippen MR) is 51.1 cm³/mol. The summed E-state index contributed by atoms with van der Waals surface area (Å²) in [6, 6.07) is 4.36. The number of hydrogen-bond acceptors (Lipinski definition) is 2. The van der Waals surface area contributed by atoms with Gasteiger partial charge in [0.25, 0.3) is 0 Å². The van der Waals surface area contributed by atoms with Crippen LogP contribution in [0.25, 0.3) is 10.9 Å². The SMILES string of the molecule is Oc1ccnc2c(F)cc(Br)cc12. The molecule has 0 atom stereocenters. The lowest BCUT2D eigenvalue weighted by Gasteiger charge is -2.01. The molecule has 4 heteroatoms. The molecule has 13 heavy (non-hydrogen) atoms. The van der Waals surface area contributed by atoms with Crippen LogP contribution in [-0.4, -0.2) is 10.1 Å². The van der Waals surface area contributed by atoms with E-state index in [1.54, 1.807) is 6.07 Å². The second-order valence-corrected chi connectivity index (χ2v) is 3.53. The lowest BCUT2D eigenvalue weighted by atomic mass is 10.2. The molecule has 1 N–H and O–H groups in total. The van der Waals surface area contributed by atoms with E-state index in [-0.39, 0.29) is 11.3 Å². The molecule has 2 aromatic rings. The molecular formula is C9H5BrFNO. The molecule has 0 aliphatic heterocycles. The van der Waals surface area contributed by atoms with Gasteiger partial charge < -0.3 is 5.11 Å². The minimum absolute atomic E-state index is 0.0326. The molecule has 2 rings (SSSR count). The highest BCUT2D eigenvalue weighted by molar-refractivity contribution is 9.10. The quantitative estimate of drug-likeness (QED) is 0.770. The molecule has 0 saturated carbocycles. The van der Waals surface area contributed by atoms with E-state index < -0.39 is 5.82 Å². The molecule has 0 amide bonds. The van der Waals surface area contributed by atoms with Crippen LogP contribution in [0.1, 0.15) is 0 Å². The largest absolute Gasteiger partial charge is 0.507 e. The lowest BCUT2D eigenvalue weighted by Crippen LogP contribution is -1.84. The van der Waals surface area contributed by atoms with E-state index in [9.17, 15) is 9.50 Å². The number of nitrogens with zero attached hydrogens (tertiary/aromatic N) is 1. The van der Waals surface area contributed by atoms with E-state index in [1.165, 1.54) is 18.3 Å². The number of pyridine rings is 1. The summed E-state index contributed by atoms with van der Waals surface area (Å²) < 4.78 is 13.8. The summed E-state index contributed by atoms with van der Waals surface area (Å²) in [6.45, 7) is 0. The Balaban J connectivity index is 2.94. The highest BCUT2D eigenvalue weighted by Crippen LogP contribution is 2.27. The Bertz CT molecular complexity index is 472. The summed E-state index contributed by atoms with van der Waals surface area (Å²) in [7, 11) is 0. The second kappa shape index (κ2) is 2.96. The summed E-state index contributed by atoms with van der Waals surface area (Å²) in [5.74, 6) is -0.412. The fraction of sp³-hybridized carbons (Fsp3) is 0. The highest BCUT2D eigenvalue weighted by atomic mass is 79.9. The van der Waals surface area contributed by atoms with Crippen LogP contribution in [0.2, 0.25) is 0 Å². The lowest BCUT2D eigenvalue weighted by molar-refractivity contribution is 0.480. The van der Waals surface area contributed by atoms with E-state index in [1.807, 2.05) is 0 Å². The Labute approximate surface area is 82.2 Å². The smallest absolute Gasteiger partial charge is 0.150 e. The second-order valence-electron chi connectivity index (χ2n) is 2.61. The van der Waals surface area contributed by atoms with E-state index >= 15 is 0 Å². The first kappa shape index (κ1) is 8.44. The minimum atomic E-state index is -0.444. The van der Waals surface area contributed by atoms with Crippen LogP contribution in [-0.2, 0) is 0 Å². The van der Waals surface area contributed by atoms with Gasteiger partial charge in [0.2, 0.25) is 0 Å². The summed E-state index contributed by atoms with van der Waals surface area (Å²) in [5.41, 5.74) is 0.184. The van der Waals surface area contributed by atoms with Crippen LogP contribution in [0.5, 0.6) is 5.75 Å². The van der Waals surface area contributed by atoms with Crippen molar-refractivity contribution in [2.45, 2.75) is 0 Å². The van der Waals surface area contributed by atoms with Gasteiger partial charge in [-0.05, 0) is 18.2 Å². The van der Waals surface area contributed by atoms with Gasteiger partial charge in [0, 0.05) is 16.1 Å². The Morgan fingerprint density at radius 3 is 2.92 bits per heavy atom. The van der Waals surface area contributed by atoms with Crippen LogP contribution in [0, 0.1) is 5.82 Å². The highest BCUT2D eigenvalue weighted by Gasteiger charge is 2.06. The first-order chi connectivity index (χ1) is 6.18. The third-order valence-corrected chi connectivity index (χ3v) is 2.20. The topological polar surface area (TPSA) is 33.1 Å². The predicted octanol–water partition coefficient (Wildman–Crippen LogP) is 2.84. The standard InChI is InChI=1S/C9H5BrFNO/c10-5-3-6-8(13)1-2-12-9(6)7(11)4-5/h1-4H,(H,12,13). The number of rotatable bonds is 0. The van der Waals surface area contributed by atoms with Gasteiger partial charge in [-0.25, -0.2) is 4.39 Å². The summed E-state index contributed by atoms with van der Waals surface area (Å²) in [5, 5.41) is 9.80. The van der Waals surface area contributed by atoms with Crippen LogP contribution in [0.4, 0.5) is 4.39 Å². The van der Waals surface area contributed by atoms with Crippen LogP contribution < -0.4 is 0 Å². The number of hydrogen-bond donors (Lipinski definition) is 1. The molecule has 1 heterocycles. The molecule has 0 bridgehead atoms. The first-order valence-corrected chi connectivity index (χ1v) is 4.40. The molecule has 0 saturated heterocycles. The Morgan fingerprint density at radius 2 is 2.15 bits per heavy atom. The number of benzene rings is 1. The van der Waals surface area contributed by atoms with Crippen LogP contribution in [0.15, 0.2) is 28.9 Å². The molecule has 66 valence electrons. The van der Waals surface area contributed by atoms with E-state index in [0.717, 1.165) is 0 Å². The van der Waals surface area contributed by atoms with Gasteiger partial charge in [0.1, 0.15) is 11.3 Å². The molecule has 1 aromatic heterocycles. The van der Waals surface area contributed by atoms with Crippen molar-refractivity contribution in [2.75, 3.05) is 0 Å². The van der Waals surface area contributed by atoms with E-state index in [2.05, 4.69) is 20.9 Å². The third-order valence-electron chi connectivity index (χ3n) is 1.74. The number of aromatic nitrogens is 1. The Kier molecular flexibility index (Phi) is 1.92. The molecule has 0 radical (unpaired) electrons. The average Bonchev–Trinajstić information content (AvgIpc) is 2.07. The molecule has 2 nitrogen and oxygen atoms in total. The molecule has 0 aliphatic carbocycles. The van der Waals surface area contributed by atoms with Gasteiger partial charge in [-0.3, -0.25) is 4.98 Å². The zero-order valence-electron chi connectivity index (χ0n) is 6.46. The van der Waals surface area contributed by atoms with Crippen molar-refractivity contribution in [1.82, 2.24) is 4.98 Å². The summed E-state index contributed by atoms with van der Waals surface area (Å²) >= 11 is 3.14. The summed E-state index contributed by atoms with van der Waals surface area (Å²) in [6.07, 6.45) is 1.37. The van der Waals surface area contributed by atoms with Crippen molar-refractivity contribution >= 4 is 26.8 Å². The first-order valence-electron chi connectivity index (χ1n) is 3.61. The van der Waals surface area contributed by atoms with Gasteiger partial charge in [0.05, 0.1) is 0 Å². The Hall–Kier alpha value is -1.16. The van der Waals surface area contributed by atoms with Gasteiger partial charge in [0.15, 0.2) is 5.82 Å². The van der Waals surface area contributed by atoms with Crippen molar-refractivity contribution < 1.29 is 9.50 Å². The normalized spacial score (nSPS) is 10.6. The molecular weight excluding hydrogens is 237 g/mol. The number of fused-ring (bicyclic) bond motifs is 1. The van der Waals surface area contributed by atoms with E-state index in [0.29, 0.717) is 9.86 Å². The fourth-order valence-electron chi connectivity index (χ4n) is 1.16. The van der Waals surface area contributed by atoms with Crippen LogP contribution in [0.3, 0.4) is 0 Å². The van der Waals surface area contributed by atoms with Crippen LogP contribution >= 0.6 is 15.9 Å².